The quantitative estimate of drug-likeness (QED) is 0.477. The molecule has 0 spiro atoms. The Morgan fingerprint density at radius 1 is 1.50 bits per heavy atom. The fourth-order valence-corrected chi connectivity index (χ4v) is 1.11. The van der Waals surface area contributed by atoms with E-state index in [4.69, 9.17) is 6.42 Å². The zero-order valence-corrected chi connectivity index (χ0v) is 6.22. The van der Waals surface area contributed by atoms with Crippen molar-refractivity contribution in [2.75, 3.05) is 20.1 Å². The molecule has 0 aliphatic carbocycles. The molecule has 1 rings (SSSR count). The second kappa shape index (κ2) is 2.61. The summed E-state index contributed by atoms with van der Waals surface area (Å²) in [5.41, 5.74) is -0.924. The standard InChI is InChI=1S/C8H12NO/c1-3-8(10)4-6-9(2)7-5-8/h10H,4-7H2,2H3. The molecule has 1 saturated heterocycles. The first-order valence-electron chi connectivity index (χ1n) is 3.51. The highest BCUT2D eigenvalue weighted by molar-refractivity contribution is 5.05. The van der Waals surface area contributed by atoms with Crippen LogP contribution in [0.1, 0.15) is 12.8 Å². The van der Waals surface area contributed by atoms with Crippen molar-refractivity contribution in [2.24, 2.45) is 0 Å². The van der Waals surface area contributed by atoms with Gasteiger partial charge in [0.15, 0.2) is 0 Å². The van der Waals surface area contributed by atoms with Crippen LogP contribution in [0.15, 0.2) is 0 Å². The first-order chi connectivity index (χ1) is 4.66. The van der Waals surface area contributed by atoms with E-state index in [0.717, 1.165) is 13.1 Å². The van der Waals surface area contributed by atoms with Gasteiger partial charge in [0.05, 0.1) is 0 Å². The van der Waals surface area contributed by atoms with E-state index >= 15 is 0 Å². The molecule has 1 aliphatic heterocycles. The highest BCUT2D eigenvalue weighted by atomic mass is 16.3. The molecule has 10 heavy (non-hydrogen) atoms. The Morgan fingerprint density at radius 3 is 2.40 bits per heavy atom. The van der Waals surface area contributed by atoms with Crippen LogP contribution in [0.2, 0.25) is 0 Å². The largest absolute Gasteiger partial charge is 0.377 e. The molecule has 1 N–H and O–H groups in total. The van der Waals surface area contributed by atoms with Crippen LogP contribution in [0.4, 0.5) is 0 Å². The topological polar surface area (TPSA) is 23.5 Å². The van der Waals surface area contributed by atoms with E-state index in [2.05, 4.69) is 10.8 Å². The molecule has 0 bridgehead atoms. The van der Waals surface area contributed by atoms with Crippen LogP contribution < -0.4 is 0 Å². The lowest BCUT2D eigenvalue weighted by atomic mass is 9.93. The molecule has 1 heterocycles. The molecule has 2 nitrogen and oxygen atoms in total. The highest BCUT2D eigenvalue weighted by Crippen LogP contribution is 2.19. The van der Waals surface area contributed by atoms with Gasteiger partial charge < -0.3 is 10.0 Å². The van der Waals surface area contributed by atoms with Crippen LogP contribution in [0.25, 0.3) is 0 Å². The molecular weight excluding hydrogens is 126 g/mol. The van der Waals surface area contributed by atoms with Crippen LogP contribution in [-0.4, -0.2) is 35.7 Å². The van der Waals surface area contributed by atoms with Gasteiger partial charge in [0, 0.05) is 25.9 Å². The number of hydrogen-bond acceptors (Lipinski definition) is 2. The van der Waals surface area contributed by atoms with Crippen LogP contribution in [0.5, 0.6) is 0 Å². The third-order valence-corrected chi connectivity index (χ3v) is 2.05. The van der Waals surface area contributed by atoms with Crippen LogP contribution >= 0.6 is 0 Å². The third kappa shape index (κ3) is 1.50. The molecule has 1 fully saturated rings. The zero-order chi connectivity index (χ0) is 7.61. The summed E-state index contributed by atoms with van der Waals surface area (Å²) in [6.07, 6.45) is 8.13. The lowest BCUT2D eigenvalue weighted by Gasteiger charge is -2.32. The van der Waals surface area contributed by atoms with E-state index in [1.807, 2.05) is 7.05 Å². The Kier molecular flexibility index (Phi) is 1.98. The minimum absolute atomic E-state index is 0.646. The lowest BCUT2D eigenvalue weighted by Crippen LogP contribution is -2.41. The summed E-state index contributed by atoms with van der Waals surface area (Å²) in [6, 6.07) is 0. The summed E-state index contributed by atoms with van der Waals surface area (Å²) in [6.45, 7) is 1.73. The smallest absolute Gasteiger partial charge is 0.128 e. The van der Waals surface area contributed by atoms with Gasteiger partial charge in [-0.3, -0.25) is 0 Å². The number of likely N-dealkylation sites (tertiary alicyclic amines) is 1. The molecule has 0 saturated carbocycles. The maximum atomic E-state index is 9.47. The third-order valence-electron chi connectivity index (χ3n) is 2.05. The number of hydrogen-bond donors (Lipinski definition) is 1. The SMILES string of the molecule is [C]#CC1(O)CCN(C)CC1. The first kappa shape index (κ1) is 7.59. The number of piperidine rings is 1. The molecule has 0 aromatic rings. The average molecular weight is 138 g/mol. The summed E-state index contributed by atoms with van der Waals surface area (Å²) < 4.78 is 0. The van der Waals surface area contributed by atoms with E-state index < -0.39 is 5.60 Å². The molecule has 0 aromatic carbocycles. The fraction of sp³-hybridized carbons (Fsp3) is 0.750. The van der Waals surface area contributed by atoms with Gasteiger partial charge in [-0.1, -0.05) is 5.92 Å². The van der Waals surface area contributed by atoms with Gasteiger partial charge >= 0.3 is 0 Å². The second-order valence-electron chi connectivity index (χ2n) is 2.96. The molecule has 0 aromatic heterocycles. The van der Waals surface area contributed by atoms with Crippen molar-refractivity contribution in [3.63, 3.8) is 0 Å². The Morgan fingerprint density at radius 2 is 2.00 bits per heavy atom. The highest BCUT2D eigenvalue weighted by Gasteiger charge is 2.28. The van der Waals surface area contributed by atoms with Crippen molar-refractivity contribution in [2.45, 2.75) is 18.4 Å². The normalized spacial score (nSPS) is 25.7. The maximum Gasteiger partial charge on any atom is 0.128 e. The molecule has 0 atom stereocenters. The summed E-state index contributed by atoms with van der Waals surface area (Å²) in [4.78, 5) is 2.14. The van der Waals surface area contributed by atoms with E-state index in [-0.39, 0.29) is 0 Å². The second-order valence-corrected chi connectivity index (χ2v) is 2.96. The molecular formula is C8H12NO. The van der Waals surface area contributed by atoms with Gasteiger partial charge in [-0.05, 0) is 13.5 Å². The summed E-state index contributed by atoms with van der Waals surface area (Å²) >= 11 is 0. The van der Waals surface area contributed by atoms with Gasteiger partial charge in [-0.15, -0.1) is 0 Å². The van der Waals surface area contributed by atoms with Gasteiger partial charge in [-0.25, -0.2) is 0 Å². The molecule has 0 unspecified atom stereocenters. The first-order valence-corrected chi connectivity index (χ1v) is 3.51. The van der Waals surface area contributed by atoms with E-state index in [0.29, 0.717) is 12.8 Å². The van der Waals surface area contributed by atoms with Crippen molar-refractivity contribution in [3.05, 3.63) is 6.42 Å². The van der Waals surface area contributed by atoms with Gasteiger partial charge in [0.25, 0.3) is 0 Å². The Labute approximate surface area is 61.8 Å². The number of rotatable bonds is 0. The van der Waals surface area contributed by atoms with Crippen molar-refractivity contribution >= 4 is 0 Å². The molecule has 1 radical (unpaired) electrons. The number of aliphatic hydroxyl groups is 1. The Bertz CT molecular complexity index is 151. The predicted molar refractivity (Wildman–Crippen MR) is 38.8 cm³/mol. The Hall–Kier alpha value is -0.520. The minimum atomic E-state index is -0.924. The van der Waals surface area contributed by atoms with Crippen LogP contribution in [0, 0.1) is 12.3 Å². The van der Waals surface area contributed by atoms with Crippen molar-refractivity contribution in [3.8, 4) is 5.92 Å². The summed E-state index contributed by atoms with van der Waals surface area (Å²) in [5, 5.41) is 9.47. The Balaban J connectivity index is 2.48. The fourth-order valence-electron chi connectivity index (χ4n) is 1.11. The molecule has 0 amide bonds. The molecule has 55 valence electrons. The number of nitrogens with zero attached hydrogens (tertiary/aromatic N) is 1. The van der Waals surface area contributed by atoms with Crippen LogP contribution in [-0.2, 0) is 0 Å². The van der Waals surface area contributed by atoms with Crippen molar-refractivity contribution in [1.29, 1.82) is 0 Å². The summed E-state index contributed by atoms with van der Waals surface area (Å²) in [7, 11) is 2.02. The van der Waals surface area contributed by atoms with E-state index in [1.54, 1.807) is 0 Å². The molecule has 2 heteroatoms. The van der Waals surface area contributed by atoms with Crippen LogP contribution in [0.3, 0.4) is 0 Å². The summed E-state index contributed by atoms with van der Waals surface area (Å²) in [5.74, 6) is 2.18. The monoisotopic (exact) mass is 138 g/mol. The minimum Gasteiger partial charge on any atom is -0.377 e. The molecule has 1 aliphatic rings. The maximum absolute atomic E-state index is 9.47. The predicted octanol–water partition coefficient (Wildman–Crippen LogP) is 0.0329. The van der Waals surface area contributed by atoms with Gasteiger partial charge in [-0.2, -0.15) is 0 Å². The average Bonchev–Trinajstić information content (AvgIpc) is 1.96. The van der Waals surface area contributed by atoms with Gasteiger partial charge in [0.2, 0.25) is 0 Å². The zero-order valence-electron chi connectivity index (χ0n) is 6.22. The van der Waals surface area contributed by atoms with E-state index in [9.17, 15) is 5.11 Å². The van der Waals surface area contributed by atoms with Crippen molar-refractivity contribution in [1.82, 2.24) is 4.90 Å². The lowest BCUT2D eigenvalue weighted by molar-refractivity contribution is 0.0348. The van der Waals surface area contributed by atoms with Crippen molar-refractivity contribution < 1.29 is 5.11 Å². The van der Waals surface area contributed by atoms with Gasteiger partial charge in [0.1, 0.15) is 5.60 Å². The van der Waals surface area contributed by atoms with E-state index in [1.165, 1.54) is 0 Å².